The second-order valence-electron chi connectivity index (χ2n) is 6.91. The van der Waals surface area contributed by atoms with E-state index >= 15 is 0 Å². The third kappa shape index (κ3) is 4.94. The molecule has 1 unspecified atom stereocenters. The average molecular weight is 455 g/mol. The van der Waals surface area contributed by atoms with E-state index in [1.54, 1.807) is 13.2 Å². The molecule has 30 heavy (non-hydrogen) atoms. The van der Waals surface area contributed by atoms with E-state index in [1.165, 1.54) is 35.7 Å². The number of hydrogen-bond donors (Lipinski definition) is 1. The summed E-state index contributed by atoms with van der Waals surface area (Å²) in [7, 11) is -4.11. The molecule has 1 heterocycles. The van der Waals surface area contributed by atoms with Crippen LogP contribution < -0.4 is 13.8 Å². The summed E-state index contributed by atoms with van der Waals surface area (Å²) in [6.45, 7) is 0.419. The number of rotatable bonds is 8. The summed E-state index contributed by atoms with van der Waals surface area (Å²) >= 11 is 0. The van der Waals surface area contributed by atoms with Crippen molar-refractivity contribution in [2.75, 3.05) is 37.4 Å². The molecular weight excluding hydrogens is 428 g/mol. The molecule has 2 aromatic rings. The lowest BCUT2D eigenvalue weighted by Gasteiger charge is -2.28. The highest BCUT2D eigenvalue weighted by molar-refractivity contribution is 7.92. The van der Waals surface area contributed by atoms with Crippen LogP contribution in [-0.2, 0) is 24.8 Å². The zero-order chi connectivity index (χ0) is 21.8. The van der Waals surface area contributed by atoms with Crippen LogP contribution in [0.3, 0.4) is 0 Å². The fourth-order valence-corrected chi connectivity index (χ4v) is 6.06. The van der Waals surface area contributed by atoms with Gasteiger partial charge in [-0.3, -0.25) is 4.31 Å². The van der Waals surface area contributed by atoms with Crippen molar-refractivity contribution in [2.45, 2.75) is 23.8 Å². The van der Waals surface area contributed by atoms with Crippen molar-refractivity contribution < 1.29 is 26.3 Å². The Hall–Kier alpha value is -2.14. The molecule has 0 aromatic heterocycles. The van der Waals surface area contributed by atoms with Crippen molar-refractivity contribution in [1.29, 1.82) is 0 Å². The second-order valence-corrected chi connectivity index (χ2v) is 10.7. The molecule has 1 saturated heterocycles. The van der Waals surface area contributed by atoms with E-state index < -0.39 is 26.2 Å². The first-order valence-electron chi connectivity index (χ1n) is 9.54. The molecule has 8 nitrogen and oxygen atoms in total. The Morgan fingerprint density at radius 1 is 1.07 bits per heavy atom. The summed E-state index contributed by atoms with van der Waals surface area (Å²) in [4.78, 5) is 0.0514. The van der Waals surface area contributed by atoms with Crippen LogP contribution in [0.5, 0.6) is 5.75 Å². The number of para-hydroxylation sites is 1. The van der Waals surface area contributed by atoms with Crippen LogP contribution >= 0.6 is 0 Å². The van der Waals surface area contributed by atoms with E-state index in [0.717, 1.165) is 12.0 Å². The molecule has 3 rings (SSSR count). The van der Waals surface area contributed by atoms with E-state index in [2.05, 4.69) is 4.72 Å². The van der Waals surface area contributed by atoms with Gasteiger partial charge in [0.15, 0.2) is 0 Å². The Bertz CT molecular complexity index is 1070. The van der Waals surface area contributed by atoms with E-state index in [9.17, 15) is 16.8 Å². The molecule has 2 aromatic carbocycles. The lowest BCUT2D eigenvalue weighted by Crippen LogP contribution is -2.37. The van der Waals surface area contributed by atoms with Gasteiger partial charge >= 0.3 is 0 Å². The summed E-state index contributed by atoms with van der Waals surface area (Å²) in [5.74, 6) is 0.714. The van der Waals surface area contributed by atoms with E-state index in [1.807, 2.05) is 18.2 Å². The maximum Gasteiger partial charge on any atom is 0.240 e. The summed E-state index contributed by atoms with van der Waals surface area (Å²) in [6, 6.07) is 13.1. The van der Waals surface area contributed by atoms with Crippen LogP contribution in [0.4, 0.5) is 5.69 Å². The predicted molar refractivity (Wildman–Crippen MR) is 115 cm³/mol. The molecule has 0 spiro atoms. The van der Waals surface area contributed by atoms with Gasteiger partial charge in [-0.1, -0.05) is 18.2 Å². The maximum absolute atomic E-state index is 12.7. The molecule has 0 saturated carbocycles. The maximum atomic E-state index is 12.7. The molecule has 0 amide bonds. The highest BCUT2D eigenvalue weighted by Gasteiger charge is 2.26. The van der Waals surface area contributed by atoms with Gasteiger partial charge in [0.25, 0.3) is 0 Å². The standard InChI is InChI=1S/C20H26N2O6S2/c1-27-19-8-4-3-7-18(19)20(28-2)15-21-30(25,26)17-11-9-16(10-12-17)22-13-5-6-14-29(22,23)24/h3-4,7-12,20-21H,5-6,13-15H2,1-2H3. The van der Waals surface area contributed by atoms with Gasteiger partial charge in [-0.15, -0.1) is 0 Å². The van der Waals surface area contributed by atoms with Crippen LogP contribution in [-0.4, -0.2) is 49.9 Å². The van der Waals surface area contributed by atoms with E-state index in [0.29, 0.717) is 24.4 Å². The Balaban J connectivity index is 1.74. The zero-order valence-corrected chi connectivity index (χ0v) is 18.6. The van der Waals surface area contributed by atoms with Crippen molar-refractivity contribution in [3.8, 4) is 5.75 Å². The summed E-state index contributed by atoms with van der Waals surface area (Å²) in [5.41, 5.74) is 1.20. The average Bonchev–Trinajstić information content (AvgIpc) is 2.74. The van der Waals surface area contributed by atoms with Gasteiger partial charge in [-0.2, -0.15) is 0 Å². The Morgan fingerprint density at radius 2 is 1.77 bits per heavy atom. The van der Waals surface area contributed by atoms with Crippen molar-refractivity contribution in [2.24, 2.45) is 0 Å². The van der Waals surface area contributed by atoms with E-state index in [-0.39, 0.29) is 17.2 Å². The number of nitrogens with one attached hydrogen (secondary N) is 1. The minimum Gasteiger partial charge on any atom is -0.496 e. The summed E-state index contributed by atoms with van der Waals surface area (Å²) in [6.07, 6.45) is 0.887. The number of methoxy groups -OCH3 is 2. The molecule has 164 valence electrons. The third-order valence-electron chi connectivity index (χ3n) is 5.01. The molecule has 1 aliphatic rings. The normalized spacial score (nSPS) is 17.5. The number of sulfonamides is 2. The van der Waals surface area contributed by atoms with Crippen molar-refractivity contribution >= 4 is 25.7 Å². The first kappa shape index (κ1) is 22.5. The quantitative estimate of drug-likeness (QED) is 0.657. The SMILES string of the molecule is COc1ccccc1C(CNS(=O)(=O)c1ccc(N2CCCCS2(=O)=O)cc1)OC. The van der Waals surface area contributed by atoms with E-state index in [4.69, 9.17) is 9.47 Å². The van der Waals surface area contributed by atoms with Crippen molar-refractivity contribution in [1.82, 2.24) is 4.72 Å². The lowest BCUT2D eigenvalue weighted by molar-refractivity contribution is 0.105. The highest BCUT2D eigenvalue weighted by atomic mass is 32.2. The zero-order valence-electron chi connectivity index (χ0n) is 16.9. The molecule has 10 heteroatoms. The molecule has 0 radical (unpaired) electrons. The Morgan fingerprint density at radius 3 is 2.40 bits per heavy atom. The van der Waals surface area contributed by atoms with Crippen LogP contribution in [0.1, 0.15) is 24.5 Å². The fourth-order valence-electron chi connectivity index (χ4n) is 3.39. The first-order valence-corrected chi connectivity index (χ1v) is 12.6. The smallest absolute Gasteiger partial charge is 0.240 e. The monoisotopic (exact) mass is 454 g/mol. The van der Waals surface area contributed by atoms with Crippen LogP contribution in [0, 0.1) is 0 Å². The lowest BCUT2D eigenvalue weighted by atomic mass is 10.1. The molecule has 1 atom stereocenters. The van der Waals surface area contributed by atoms with Gasteiger partial charge in [-0.25, -0.2) is 21.6 Å². The summed E-state index contributed by atoms with van der Waals surface area (Å²) < 4.78 is 64.6. The minimum atomic E-state index is -3.81. The molecule has 0 bridgehead atoms. The molecule has 1 aliphatic heterocycles. The Labute approximate surface area is 177 Å². The molecule has 1 N–H and O–H groups in total. The molecule has 0 aliphatic carbocycles. The number of nitrogens with zero attached hydrogens (tertiary/aromatic N) is 1. The topological polar surface area (TPSA) is 102 Å². The van der Waals surface area contributed by atoms with Gasteiger partial charge in [0.1, 0.15) is 5.75 Å². The molecule has 1 fully saturated rings. The van der Waals surface area contributed by atoms with Crippen LogP contribution in [0.25, 0.3) is 0 Å². The molecular formula is C20H26N2O6S2. The van der Waals surface area contributed by atoms with Crippen molar-refractivity contribution in [3.05, 3.63) is 54.1 Å². The Kier molecular flexibility index (Phi) is 7.02. The van der Waals surface area contributed by atoms with Gasteiger partial charge in [0, 0.05) is 25.8 Å². The largest absolute Gasteiger partial charge is 0.496 e. The number of benzene rings is 2. The van der Waals surface area contributed by atoms with Gasteiger partial charge in [0.05, 0.1) is 29.5 Å². The van der Waals surface area contributed by atoms with Gasteiger partial charge in [-0.05, 0) is 43.2 Å². The van der Waals surface area contributed by atoms with Crippen LogP contribution in [0.2, 0.25) is 0 Å². The number of hydrogen-bond acceptors (Lipinski definition) is 6. The highest BCUT2D eigenvalue weighted by Crippen LogP contribution is 2.28. The predicted octanol–water partition coefficient (Wildman–Crippen LogP) is 2.29. The summed E-state index contributed by atoms with van der Waals surface area (Å²) in [5, 5.41) is 0. The minimum absolute atomic E-state index is 0.0153. The van der Waals surface area contributed by atoms with Gasteiger partial charge < -0.3 is 9.47 Å². The van der Waals surface area contributed by atoms with Crippen molar-refractivity contribution in [3.63, 3.8) is 0 Å². The number of anilines is 1. The van der Waals surface area contributed by atoms with Gasteiger partial charge in [0.2, 0.25) is 20.0 Å². The first-order chi connectivity index (χ1) is 14.3. The third-order valence-corrected chi connectivity index (χ3v) is 8.32. The second kappa shape index (κ2) is 9.34. The number of ether oxygens (including phenoxy) is 2. The van der Waals surface area contributed by atoms with Crippen LogP contribution in [0.15, 0.2) is 53.4 Å². The fraction of sp³-hybridized carbons (Fsp3) is 0.400.